The van der Waals surface area contributed by atoms with E-state index in [-0.39, 0.29) is 31.6 Å². The quantitative estimate of drug-likeness (QED) is 0.0262. The van der Waals surface area contributed by atoms with Gasteiger partial charge >= 0.3 is 17.9 Å². The zero-order valence-electron chi connectivity index (χ0n) is 42.7. The van der Waals surface area contributed by atoms with Crippen LogP contribution in [0.25, 0.3) is 0 Å². The van der Waals surface area contributed by atoms with Crippen molar-refractivity contribution in [2.24, 2.45) is 0 Å². The lowest BCUT2D eigenvalue weighted by Gasteiger charge is -2.18. The first-order chi connectivity index (χ1) is 32.5. The molecule has 0 heterocycles. The van der Waals surface area contributed by atoms with Gasteiger partial charge < -0.3 is 14.2 Å². The predicted octanol–water partition coefficient (Wildman–Crippen LogP) is 17.9. The second-order valence-electron chi connectivity index (χ2n) is 17.4. The van der Waals surface area contributed by atoms with Crippen molar-refractivity contribution in [1.82, 2.24) is 0 Å². The van der Waals surface area contributed by atoms with E-state index in [9.17, 15) is 14.4 Å². The van der Waals surface area contributed by atoms with Gasteiger partial charge in [-0.05, 0) is 83.5 Å². The summed E-state index contributed by atoms with van der Waals surface area (Å²) >= 11 is 0. The molecule has 0 aliphatic heterocycles. The molecule has 0 N–H and O–H groups in total. The molecule has 0 bridgehead atoms. The molecule has 1 atom stereocenters. The third-order valence-corrected chi connectivity index (χ3v) is 11.1. The largest absolute Gasteiger partial charge is 0.462 e. The number of carbonyl (C=O) groups excluding carboxylic acids is 3. The monoisotopic (exact) mass is 915 g/mol. The van der Waals surface area contributed by atoms with Gasteiger partial charge in [0.05, 0.1) is 6.42 Å². The Labute approximate surface area is 406 Å². The number of unbranched alkanes of at least 4 members (excludes halogenated alkanes) is 19. The molecule has 0 aromatic heterocycles. The van der Waals surface area contributed by atoms with Crippen LogP contribution in [-0.2, 0) is 28.6 Å². The highest BCUT2D eigenvalue weighted by atomic mass is 16.6. The van der Waals surface area contributed by atoms with Crippen molar-refractivity contribution < 1.29 is 28.6 Å². The predicted molar refractivity (Wildman–Crippen MR) is 283 cm³/mol. The average Bonchev–Trinajstić information content (AvgIpc) is 3.31. The van der Waals surface area contributed by atoms with Gasteiger partial charge in [-0.25, -0.2) is 0 Å². The first-order valence-electron chi connectivity index (χ1n) is 26.9. The number of esters is 3. The van der Waals surface area contributed by atoms with Crippen molar-refractivity contribution in [3.63, 3.8) is 0 Å². The van der Waals surface area contributed by atoms with Crippen LogP contribution in [0.15, 0.2) is 109 Å². The van der Waals surface area contributed by atoms with Crippen LogP contribution in [0.2, 0.25) is 0 Å². The minimum absolute atomic E-state index is 0.0917. The van der Waals surface area contributed by atoms with Crippen LogP contribution in [0.4, 0.5) is 0 Å². The Morgan fingerprint density at radius 1 is 0.333 bits per heavy atom. The summed E-state index contributed by atoms with van der Waals surface area (Å²) in [7, 11) is 0. The zero-order valence-corrected chi connectivity index (χ0v) is 42.7. The molecule has 6 nitrogen and oxygen atoms in total. The summed E-state index contributed by atoms with van der Waals surface area (Å²) in [5, 5.41) is 0. The summed E-state index contributed by atoms with van der Waals surface area (Å²) in [6.07, 6.45) is 72.4. The maximum atomic E-state index is 12.8. The lowest BCUT2D eigenvalue weighted by Crippen LogP contribution is -2.30. The standard InChI is InChI=1S/C60H98O6/c1-4-7-10-13-16-19-22-25-28-29-30-31-33-35-38-41-44-47-50-53-59(62)65-56-57(55-64-58(61)52-49-46-43-40-37-34-27-24-21-18-15-12-9-6-3)66-60(63)54-51-48-45-42-39-36-32-26-23-20-17-14-11-8-5-2/h7-8,10-11,16-17,19-20,25-26,28,30-32,39,42,48,51,57H,4-6,9,12-15,18,21-24,27,29,33-38,40-41,43-47,49-50,52-56H2,1-3H3/b10-7-,11-8-,19-16-,20-17-,28-25-,31-30-,32-26-,42-39-,51-48-. The summed E-state index contributed by atoms with van der Waals surface area (Å²) in [6, 6.07) is 0. The number of ether oxygens (including phenoxy) is 3. The second-order valence-corrected chi connectivity index (χ2v) is 17.4. The molecule has 0 radical (unpaired) electrons. The molecule has 0 aliphatic rings. The van der Waals surface area contributed by atoms with E-state index < -0.39 is 12.1 Å². The molecule has 0 spiro atoms. The molecule has 0 fully saturated rings. The number of hydrogen-bond donors (Lipinski definition) is 0. The Kier molecular flexibility index (Phi) is 50.5. The molecular weight excluding hydrogens is 817 g/mol. The molecule has 0 amide bonds. The highest BCUT2D eigenvalue weighted by Crippen LogP contribution is 2.14. The third-order valence-electron chi connectivity index (χ3n) is 11.1. The van der Waals surface area contributed by atoms with E-state index in [4.69, 9.17) is 14.2 Å². The van der Waals surface area contributed by atoms with Crippen LogP contribution in [0.1, 0.15) is 233 Å². The lowest BCUT2D eigenvalue weighted by molar-refractivity contribution is -0.166. The van der Waals surface area contributed by atoms with E-state index in [2.05, 4.69) is 118 Å². The van der Waals surface area contributed by atoms with E-state index >= 15 is 0 Å². The summed E-state index contributed by atoms with van der Waals surface area (Å²) < 4.78 is 16.7. The molecule has 0 aromatic carbocycles. The van der Waals surface area contributed by atoms with Gasteiger partial charge in [0.15, 0.2) is 6.10 Å². The first kappa shape index (κ1) is 62.1. The number of hydrogen-bond acceptors (Lipinski definition) is 6. The fraction of sp³-hybridized carbons (Fsp3) is 0.650. The molecular formula is C60H98O6. The lowest BCUT2D eigenvalue weighted by atomic mass is 10.0. The Balaban J connectivity index is 4.51. The van der Waals surface area contributed by atoms with Crippen LogP contribution in [-0.4, -0.2) is 37.2 Å². The van der Waals surface area contributed by atoms with Gasteiger partial charge in [0.2, 0.25) is 0 Å². The van der Waals surface area contributed by atoms with Gasteiger partial charge in [-0.2, -0.15) is 0 Å². The van der Waals surface area contributed by atoms with E-state index in [1.807, 2.05) is 6.08 Å². The Bertz CT molecular complexity index is 1370. The van der Waals surface area contributed by atoms with Gasteiger partial charge in [0, 0.05) is 12.8 Å². The Morgan fingerprint density at radius 3 is 1.00 bits per heavy atom. The van der Waals surface area contributed by atoms with Crippen LogP contribution < -0.4 is 0 Å². The van der Waals surface area contributed by atoms with Crippen molar-refractivity contribution in [1.29, 1.82) is 0 Å². The Hall–Kier alpha value is -3.93. The molecule has 374 valence electrons. The van der Waals surface area contributed by atoms with Crippen molar-refractivity contribution >= 4 is 17.9 Å². The highest BCUT2D eigenvalue weighted by Gasteiger charge is 2.19. The first-order valence-corrected chi connectivity index (χ1v) is 26.9. The molecule has 0 aliphatic carbocycles. The molecule has 0 saturated carbocycles. The van der Waals surface area contributed by atoms with Gasteiger partial charge in [-0.1, -0.05) is 239 Å². The SMILES string of the molecule is CC/C=C\C/C=C\C/C=C\C/C=C\C/C=C\CC(=O)OC(COC(=O)CCCCCCCC/C=C\C/C=C\C/C=C\C/C=C\CC)COC(=O)CCCCCCCCCCCCCCCC. The fourth-order valence-corrected chi connectivity index (χ4v) is 7.10. The topological polar surface area (TPSA) is 78.9 Å². The van der Waals surface area contributed by atoms with Crippen molar-refractivity contribution in [3.05, 3.63) is 109 Å². The maximum absolute atomic E-state index is 12.8. The molecule has 6 heteroatoms. The molecule has 0 rings (SSSR count). The van der Waals surface area contributed by atoms with E-state index in [1.165, 1.54) is 83.5 Å². The molecule has 66 heavy (non-hydrogen) atoms. The third kappa shape index (κ3) is 51.1. The van der Waals surface area contributed by atoms with Gasteiger partial charge in [0.25, 0.3) is 0 Å². The minimum Gasteiger partial charge on any atom is -0.462 e. The van der Waals surface area contributed by atoms with Crippen molar-refractivity contribution in [2.75, 3.05) is 13.2 Å². The van der Waals surface area contributed by atoms with Crippen LogP contribution in [0.3, 0.4) is 0 Å². The van der Waals surface area contributed by atoms with Crippen molar-refractivity contribution in [2.45, 2.75) is 239 Å². The fourth-order valence-electron chi connectivity index (χ4n) is 7.10. The second kappa shape index (κ2) is 53.7. The summed E-state index contributed by atoms with van der Waals surface area (Å²) in [4.78, 5) is 38.0. The van der Waals surface area contributed by atoms with Crippen LogP contribution in [0.5, 0.6) is 0 Å². The summed E-state index contributed by atoms with van der Waals surface area (Å²) in [5.74, 6) is -1.07. The summed E-state index contributed by atoms with van der Waals surface area (Å²) in [5.41, 5.74) is 0. The smallest absolute Gasteiger partial charge is 0.310 e. The Morgan fingerprint density at radius 2 is 0.636 bits per heavy atom. The number of rotatable bonds is 47. The minimum atomic E-state index is -0.838. The van der Waals surface area contributed by atoms with E-state index in [0.29, 0.717) is 19.3 Å². The van der Waals surface area contributed by atoms with Crippen LogP contribution in [0, 0.1) is 0 Å². The van der Waals surface area contributed by atoms with E-state index in [1.54, 1.807) is 6.08 Å². The van der Waals surface area contributed by atoms with Crippen LogP contribution >= 0.6 is 0 Å². The zero-order chi connectivity index (χ0) is 47.9. The normalized spacial score (nSPS) is 13.0. The highest BCUT2D eigenvalue weighted by molar-refractivity contribution is 5.72. The van der Waals surface area contributed by atoms with E-state index in [0.717, 1.165) is 103 Å². The molecule has 0 aromatic rings. The average molecular weight is 915 g/mol. The maximum Gasteiger partial charge on any atom is 0.310 e. The number of allylic oxidation sites excluding steroid dienone is 17. The number of carbonyl (C=O) groups is 3. The van der Waals surface area contributed by atoms with Gasteiger partial charge in [-0.3, -0.25) is 14.4 Å². The van der Waals surface area contributed by atoms with Crippen molar-refractivity contribution in [3.8, 4) is 0 Å². The summed E-state index contributed by atoms with van der Waals surface area (Å²) in [6.45, 7) is 6.31. The van der Waals surface area contributed by atoms with Gasteiger partial charge in [-0.15, -0.1) is 0 Å². The molecule has 0 saturated heterocycles. The van der Waals surface area contributed by atoms with Gasteiger partial charge in [0.1, 0.15) is 13.2 Å². The molecule has 1 unspecified atom stereocenters.